The molecule has 0 amide bonds. The molecule has 0 saturated heterocycles. The van der Waals surface area contributed by atoms with Gasteiger partial charge in [0.2, 0.25) is 0 Å². The summed E-state index contributed by atoms with van der Waals surface area (Å²) < 4.78 is 2.49. The first kappa shape index (κ1) is 18.5. The second-order valence-electron chi connectivity index (χ2n) is 9.06. The predicted molar refractivity (Wildman–Crippen MR) is 141 cm³/mol. The van der Waals surface area contributed by atoms with E-state index in [0.29, 0.717) is 0 Å². The van der Waals surface area contributed by atoms with Crippen molar-refractivity contribution < 1.29 is 0 Å². The third-order valence-corrected chi connectivity index (χ3v) is 7.31. The van der Waals surface area contributed by atoms with E-state index >= 15 is 0 Å². The number of hydrogen-bond acceptors (Lipinski definition) is 0. The van der Waals surface area contributed by atoms with E-state index in [1.807, 2.05) is 0 Å². The summed E-state index contributed by atoms with van der Waals surface area (Å²) in [4.78, 5) is 0. The lowest BCUT2D eigenvalue weighted by Gasteiger charge is -2.41. The molecule has 5 aromatic carbocycles. The van der Waals surface area contributed by atoms with Crippen LogP contribution in [0.1, 0.15) is 22.3 Å². The first-order valence-corrected chi connectivity index (χ1v) is 11.6. The highest BCUT2D eigenvalue weighted by Gasteiger charge is 2.44. The van der Waals surface area contributed by atoms with E-state index in [2.05, 4.69) is 134 Å². The maximum absolute atomic E-state index is 2.49. The normalized spacial score (nSPS) is 13.8. The topological polar surface area (TPSA) is 4.93 Å². The molecule has 7 rings (SSSR count). The zero-order chi connectivity index (χ0) is 22.0. The van der Waals surface area contributed by atoms with Gasteiger partial charge in [-0.15, -0.1) is 0 Å². The summed E-state index contributed by atoms with van der Waals surface area (Å²) in [7, 11) is 2.18. The Kier molecular flexibility index (Phi) is 3.78. The van der Waals surface area contributed by atoms with E-state index in [1.165, 1.54) is 55.2 Å². The predicted octanol–water partition coefficient (Wildman–Crippen LogP) is 5.74. The van der Waals surface area contributed by atoms with Gasteiger partial charge >= 0.3 is 0 Å². The van der Waals surface area contributed by atoms with E-state index in [1.54, 1.807) is 0 Å². The van der Waals surface area contributed by atoms with Gasteiger partial charge in [-0.25, -0.2) is 0 Å². The third-order valence-electron chi connectivity index (χ3n) is 7.31. The number of hydrogen-bond donors (Lipinski definition) is 0. The molecule has 1 nitrogen and oxygen atoms in total. The Morgan fingerprint density at radius 3 is 1.91 bits per heavy atom. The van der Waals surface area contributed by atoms with Gasteiger partial charge in [0.1, 0.15) is 7.85 Å². The fraction of sp³-hybridized carbons (Fsp3) is 0.0323. The smallest absolute Gasteiger partial charge is 0.139 e. The van der Waals surface area contributed by atoms with Crippen molar-refractivity contribution in [1.82, 2.24) is 4.57 Å². The van der Waals surface area contributed by atoms with Crippen LogP contribution in [-0.4, -0.2) is 12.4 Å². The number of para-hydroxylation sites is 2. The summed E-state index contributed by atoms with van der Waals surface area (Å²) in [6, 6.07) is 44.6. The average molecular weight is 419 g/mol. The molecule has 0 aliphatic carbocycles. The molecule has 33 heavy (non-hydrogen) atoms. The summed E-state index contributed by atoms with van der Waals surface area (Å²) in [5, 5.41) is 2.63. The molecule has 0 saturated carbocycles. The first-order chi connectivity index (χ1) is 16.3. The van der Waals surface area contributed by atoms with Gasteiger partial charge in [0, 0.05) is 10.8 Å². The number of benzene rings is 5. The zero-order valence-electron chi connectivity index (χ0n) is 18.5. The number of fused-ring (bicyclic) bond motifs is 5. The minimum absolute atomic E-state index is 0.391. The molecule has 0 unspecified atom stereocenters. The fourth-order valence-corrected chi connectivity index (χ4v) is 6.03. The van der Waals surface area contributed by atoms with Gasteiger partial charge in [0.05, 0.1) is 22.1 Å². The molecule has 0 fully saturated rings. The van der Waals surface area contributed by atoms with Crippen molar-refractivity contribution in [2.75, 3.05) is 0 Å². The minimum Gasteiger partial charge on any atom is -0.309 e. The van der Waals surface area contributed by atoms with Crippen molar-refractivity contribution in [2.45, 2.75) is 5.41 Å². The summed E-state index contributed by atoms with van der Waals surface area (Å²) >= 11 is 0. The zero-order valence-corrected chi connectivity index (χ0v) is 18.5. The number of aromatic nitrogens is 1. The van der Waals surface area contributed by atoms with E-state index in [0.717, 1.165) is 0 Å². The van der Waals surface area contributed by atoms with E-state index in [-0.39, 0.29) is 0 Å². The highest BCUT2D eigenvalue weighted by atomic mass is 15.0. The quantitative estimate of drug-likeness (QED) is 0.315. The fourth-order valence-electron chi connectivity index (χ4n) is 6.03. The van der Waals surface area contributed by atoms with Crippen LogP contribution in [0.15, 0.2) is 121 Å². The van der Waals surface area contributed by atoms with Crippen molar-refractivity contribution in [3.05, 3.63) is 144 Å². The van der Waals surface area contributed by atoms with Crippen LogP contribution in [0.4, 0.5) is 0 Å². The highest BCUT2D eigenvalue weighted by molar-refractivity contribution is 6.34. The standard InChI is InChI=1S/C31H22BN/c32-23-18-19-28-25(20-23)24-14-9-16-27-30(24)33(28)29-17-8-7-15-26(29)31(27,21-10-3-1-4-11-21)22-12-5-2-6-13-22/h1-20H,32H2. The molecule has 1 aromatic heterocycles. The molecule has 0 spiro atoms. The van der Waals surface area contributed by atoms with Gasteiger partial charge in [0.15, 0.2) is 0 Å². The Morgan fingerprint density at radius 2 is 1.18 bits per heavy atom. The average Bonchev–Trinajstić information content (AvgIpc) is 3.21. The summed E-state index contributed by atoms with van der Waals surface area (Å²) in [5.74, 6) is 0. The molecule has 0 N–H and O–H groups in total. The third kappa shape index (κ3) is 2.33. The Morgan fingerprint density at radius 1 is 0.545 bits per heavy atom. The molecule has 1 aliphatic heterocycles. The molecular weight excluding hydrogens is 397 g/mol. The van der Waals surface area contributed by atoms with Crippen LogP contribution in [-0.2, 0) is 5.41 Å². The molecule has 2 heteroatoms. The van der Waals surface area contributed by atoms with Crippen molar-refractivity contribution in [2.24, 2.45) is 0 Å². The molecular formula is C31H22BN. The van der Waals surface area contributed by atoms with Crippen molar-refractivity contribution >= 4 is 35.1 Å². The minimum atomic E-state index is -0.391. The van der Waals surface area contributed by atoms with Crippen LogP contribution in [0, 0.1) is 0 Å². The second kappa shape index (κ2) is 6.73. The van der Waals surface area contributed by atoms with Gasteiger partial charge < -0.3 is 4.57 Å². The van der Waals surface area contributed by atoms with Gasteiger partial charge in [0.25, 0.3) is 0 Å². The molecule has 6 aromatic rings. The van der Waals surface area contributed by atoms with Gasteiger partial charge in [-0.1, -0.05) is 115 Å². The van der Waals surface area contributed by atoms with Crippen LogP contribution in [0.2, 0.25) is 0 Å². The van der Waals surface area contributed by atoms with Gasteiger partial charge in [-0.05, 0) is 34.4 Å². The molecule has 1 aliphatic rings. The van der Waals surface area contributed by atoms with Crippen LogP contribution in [0.25, 0.3) is 27.5 Å². The lowest BCUT2D eigenvalue weighted by molar-refractivity contribution is 0.728. The van der Waals surface area contributed by atoms with Gasteiger partial charge in [-0.3, -0.25) is 0 Å². The monoisotopic (exact) mass is 419 g/mol. The number of rotatable bonds is 2. The summed E-state index contributed by atoms with van der Waals surface area (Å²) in [6.45, 7) is 0. The lowest BCUT2D eigenvalue weighted by atomic mass is 9.63. The SMILES string of the molecule is Bc1ccc2c(c1)c1cccc3c1n2-c1ccccc1C3(c1ccccc1)c1ccccc1. The van der Waals surface area contributed by atoms with Crippen LogP contribution >= 0.6 is 0 Å². The largest absolute Gasteiger partial charge is 0.309 e. The lowest BCUT2D eigenvalue weighted by Crippen LogP contribution is -2.35. The molecule has 0 atom stereocenters. The Balaban J connectivity index is 1.78. The van der Waals surface area contributed by atoms with Crippen molar-refractivity contribution in [3.8, 4) is 5.69 Å². The van der Waals surface area contributed by atoms with Crippen LogP contribution in [0.5, 0.6) is 0 Å². The first-order valence-electron chi connectivity index (χ1n) is 11.6. The highest BCUT2D eigenvalue weighted by Crippen LogP contribution is 2.53. The second-order valence-corrected chi connectivity index (χ2v) is 9.06. The molecule has 0 radical (unpaired) electrons. The van der Waals surface area contributed by atoms with Gasteiger partial charge in [-0.2, -0.15) is 0 Å². The Bertz CT molecular complexity index is 1620. The maximum atomic E-state index is 2.49. The molecule has 154 valence electrons. The van der Waals surface area contributed by atoms with Crippen LogP contribution < -0.4 is 5.46 Å². The summed E-state index contributed by atoms with van der Waals surface area (Å²) in [5.41, 5.74) is 9.98. The number of nitrogens with zero attached hydrogens (tertiary/aromatic N) is 1. The van der Waals surface area contributed by atoms with E-state index < -0.39 is 5.41 Å². The summed E-state index contributed by atoms with van der Waals surface area (Å²) in [6.07, 6.45) is 0. The van der Waals surface area contributed by atoms with Crippen molar-refractivity contribution in [1.29, 1.82) is 0 Å². The maximum Gasteiger partial charge on any atom is 0.139 e. The molecule has 0 bridgehead atoms. The van der Waals surface area contributed by atoms with E-state index in [4.69, 9.17) is 0 Å². The Hall–Kier alpha value is -4.04. The van der Waals surface area contributed by atoms with E-state index in [9.17, 15) is 0 Å². The molecule has 2 heterocycles. The van der Waals surface area contributed by atoms with Crippen molar-refractivity contribution in [3.63, 3.8) is 0 Å². The Labute approximate surface area is 194 Å². The van der Waals surface area contributed by atoms with Crippen LogP contribution in [0.3, 0.4) is 0 Å².